The first kappa shape index (κ1) is 16.7. The van der Waals surface area contributed by atoms with Crippen molar-refractivity contribution in [1.29, 1.82) is 0 Å². The zero-order chi connectivity index (χ0) is 17.0. The molecule has 2 aromatic rings. The molecule has 2 aromatic carbocycles. The number of carboxylic acids is 1. The zero-order valence-electron chi connectivity index (χ0n) is 12.0. The van der Waals surface area contributed by atoms with Crippen molar-refractivity contribution in [1.82, 2.24) is 0 Å². The molecule has 0 saturated heterocycles. The second-order valence-electron chi connectivity index (χ2n) is 4.75. The highest BCUT2D eigenvalue weighted by Crippen LogP contribution is 2.28. The molecule has 7 heteroatoms. The van der Waals surface area contributed by atoms with Crippen LogP contribution in [0.15, 0.2) is 48.5 Å². The van der Waals surface area contributed by atoms with Gasteiger partial charge < -0.3 is 14.6 Å². The van der Waals surface area contributed by atoms with Gasteiger partial charge in [-0.2, -0.15) is 0 Å². The molecule has 2 rings (SSSR count). The number of hydrogen-bond donors (Lipinski definition) is 1. The van der Waals surface area contributed by atoms with Crippen LogP contribution in [0, 0.1) is 0 Å². The van der Waals surface area contributed by atoms with Crippen molar-refractivity contribution in [2.45, 2.75) is 19.2 Å². The topological polar surface area (TPSA) is 55.8 Å². The maximum absolute atomic E-state index is 12.1. The fourth-order valence-electron chi connectivity index (χ4n) is 1.81. The van der Waals surface area contributed by atoms with Gasteiger partial charge in [0, 0.05) is 0 Å². The van der Waals surface area contributed by atoms with Crippen molar-refractivity contribution in [2.75, 3.05) is 0 Å². The molecule has 1 atom stereocenters. The third kappa shape index (κ3) is 4.91. The largest absolute Gasteiger partial charge is 0.573 e. The lowest BCUT2D eigenvalue weighted by molar-refractivity contribution is -0.274. The molecule has 0 aromatic heterocycles. The van der Waals surface area contributed by atoms with E-state index in [2.05, 4.69) is 4.74 Å². The SMILES string of the molecule is CC(C(=O)O)c1ccc(Oc2ccc(OC(F)(F)F)cc2)cc1. The summed E-state index contributed by atoms with van der Waals surface area (Å²) in [4.78, 5) is 10.9. The third-order valence-corrected chi connectivity index (χ3v) is 3.04. The molecule has 4 nitrogen and oxygen atoms in total. The number of hydrogen-bond acceptors (Lipinski definition) is 3. The minimum Gasteiger partial charge on any atom is -0.481 e. The molecule has 0 aliphatic heterocycles. The molecule has 0 amide bonds. The molecule has 0 aliphatic carbocycles. The number of carbonyl (C=O) groups is 1. The first-order valence-electron chi connectivity index (χ1n) is 6.61. The molecule has 122 valence electrons. The predicted molar refractivity (Wildman–Crippen MR) is 75.7 cm³/mol. The smallest absolute Gasteiger partial charge is 0.481 e. The number of aliphatic carboxylic acids is 1. The van der Waals surface area contributed by atoms with Gasteiger partial charge in [-0.25, -0.2) is 0 Å². The Hall–Kier alpha value is -2.70. The van der Waals surface area contributed by atoms with Crippen LogP contribution in [-0.4, -0.2) is 17.4 Å². The van der Waals surface area contributed by atoms with Gasteiger partial charge in [0.15, 0.2) is 0 Å². The summed E-state index contributed by atoms with van der Waals surface area (Å²) in [5.74, 6) is -1.13. The normalized spacial score (nSPS) is 12.5. The molecule has 1 N–H and O–H groups in total. The minimum absolute atomic E-state index is 0.332. The fraction of sp³-hybridized carbons (Fsp3) is 0.188. The lowest BCUT2D eigenvalue weighted by atomic mass is 10.0. The second-order valence-corrected chi connectivity index (χ2v) is 4.75. The highest BCUT2D eigenvalue weighted by molar-refractivity contribution is 5.75. The first-order chi connectivity index (χ1) is 10.7. The summed E-state index contributed by atoms with van der Waals surface area (Å²) < 4.78 is 45.4. The predicted octanol–water partition coefficient (Wildman–Crippen LogP) is 4.57. The van der Waals surface area contributed by atoms with Gasteiger partial charge in [-0.15, -0.1) is 13.2 Å². The Morgan fingerprint density at radius 3 is 1.83 bits per heavy atom. The van der Waals surface area contributed by atoms with Crippen molar-refractivity contribution in [3.8, 4) is 17.2 Å². The summed E-state index contributed by atoms with van der Waals surface area (Å²) in [5.41, 5.74) is 0.624. The third-order valence-electron chi connectivity index (χ3n) is 3.04. The van der Waals surface area contributed by atoms with Crippen LogP contribution >= 0.6 is 0 Å². The fourth-order valence-corrected chi connectivity index (χ4v) is 1.81. The number of halogens is 3. The quantitative estimate of drug-likeness (QED) is 0.875. The van der Waals surface area contributed by atoms with E-state index in [1.54, 1.807) is 31.2 Å². The monoisotopic (exact) mass is 326 g/mol. The van der Waals surface area contributed by atoms with Crippen LogP contribution in [0.2, 0.25) is 0 Å². The lowest BCUT2D eigenvalue weighted by Crippen LogP contribution is -2.16. The van der Waals surface area contributed by atoms with Crippen LogP contribution in [0.3, 0.4) is 0 Å². The van der Waals surface area contributed by atoms with Gasteiger partial charge in [-0.05, 0) is 48.9 Å². The molecule has 0 heterocycles. The molecule has 0 radical (unpaired) electrons. The lowest BCUT2D eigenvalue weighted by Gasteiger charge is -2.11. The first-order valence-corrected chi connectivity index (χ1v) is 6.61. The van der Waals surface area contributed by atoms with Gasteiger partial charge in [0.2, 0.25) is 0 Å². The zero-order valence-corrected chi connectivity index (χ0v) is 12.0. The Kier molecular flexibility index (Phi) is 4.78. The highest BCUT2D eigenvalue weighted by atomic mass is 19.4. The minimum atomic E-state index is -4.74. The van der Waals surface area contributed by atoms with Crippen molar-refractivity contribution in [2.24, 2.45) is 0 Å². The van der Waals surface area contributed by atoms with E-state index in [0.29, 0.717) is 17.1 Å². The molecular weight excluding hydrogens is 313 g/mol. The Balaban J connectivity index is 2.03. The number of benzene rings is 2. The molecule has 0 aliphatic rings. The van der Waals surface area contributed by atoms with Gasteiger partial charge in [-0.1, -0.05) is 12.1 Å². The summed E-state index contributed by atoms with van der Waals surface area (Å²) in [6.45, 7) is 1.57. The summed E-state index contributed by atoms with van der Waals surface area (Å²) in [7, 11) is 0. The molecule has 0 fully saturated rings. The standard InChI is InChI=1S/C16H13F3O4/c1-10(15(20)21)11-2-4-12(5-3-11)22-13-6-8-14(9-7-13)23-16(17,18)19/h2-10H,1H3,(H,20,21). The van der Waals surface area contributed by atoms with Crippen molar-refractivity contribution < 1.29 is 32.5 Å². The van der Waals surface area contributed by atoms with Crippen molar-refractivity contribution in [3.05, 3.63) is 54.1 Å². The summed E-state index contributed by atoms with van der Waals surface area (Å²) in [5, 5.41) is 8.92. The van der Waals surface area contributed by atoms with Gasteiger partial charge in [0.05, 0.1) is 5.92 Å². The molecule has 0 spiro atoms. The molecule has 0 bridgehead atoms. The number of carboxylic acid groups (broad SMARTS) is 1. The van der Waals surface area contributed by atoms with Crippen LogP contribution < -0.4 is 9.47 Å². The summed E-state index contributed by atoms with van der Waals surface area (Å²) in [6, 6.07) is 11.4. The average Bonchev–Trinajstić information content (AvgIpc) is 2.48. The number of ether oxygens (including phenoxy) is 2. The van der Waals surface area contributed by atoms with Crippen molar-refractivity contribution >= 4 is 5.97 Å². The van der Waals surface area contributed by atoms with E-state index in [9.17, 15) is 18.0 Å². The van der Waals surface area contributed by atoms with E-state index in [0.717, 1.165) is 12.1 Å². The highest BCUT2D eigenvalue weighted by Gasteiger charge is 2.30. The number of alkyl halides is 3. The van der Waals surface area contributed by atoms with Crippen molar-refractivity contribution in [3.63, 3.8) is 0 Å². The van der Waals surface area contributed by atoms with E-state index < -0.39 is 18.2 Å². The Labute approximate surface area is 130 Å². The van der Waals surface area contributed by atoms with Crippen LogP contribution in [0.25, 0.3) is 0 Å². The van der Waals surface area contributed by atoms with E-state index in [-0.39, 0.29) is 5.75 Å². The average molecular weight is 326 g/mol. The van der Waals surface area contributed by atoms with Crippen LogP contribution in [-0.2, 0) is 4.79 Å². The molecule has 1 unspecified atom stereocenters. The van der Waals surface area contributed by atoms with Gasteiger partial charge >= 0.3 is 12.3 Å². The molecule has 0 saturated carbocycles. The summed E-state index contributed by atoms with van der Waals surface area (Å²) in [6.07, 6.45) is -4.74. The van der Waals surface area contributed by atoms with Crippen LogP contribution in [0.4, 0.5) is 13.2 Å². The Morgan fingerprint density at radius 2 is 1.39 bits per heavy atom. The second kappa shape index (κ2) is 6.60. The maximum Gasteiger partial charge on any atom is 0.573 e. The Bertz CT molecular complexity index is 663. The molecule has 23 heavy (non-hydrogen) atoms. The van der Waals surface area contributed by atoms with Gasteiger partial charge in [0.25, 0.3) is 0 Å². The van der Waals surface area contributed by atoms with E-state index in [4.69, 9.17) is 9.84 Å². The van der Waals surface area contributed by atoms with Crippen LogP contribution in [0.5, 0.6) is 17.2 Å². The van der Waals surface area contributed by atoms with E-state index in [1.165, 1.54) is 12.1 Å². The van der Waals surface area contributed by atoms with Gasteiger partial charge in [0.1, 0.15) is 17.2 Å². The maximum atomic E-state index is 12.1. The Morgan fingerprint density at radius 1 is 0.957 bits per heavy atom. The van der Waals surface area contributed by atoms with Crippen LogP contribution in [0.1, 0.15) is 18.4 Å². The van der Waals surface area contributed by atoms with E-state index >= 15 is 0 Å². The van der Waals surface area contributed by atoms with Gasteiger partial charge in [-0.3, -0.25) is 4.79 Å². The number of rotatable bonds is 5. The summed E-state index contributed by atoms with van der Waals surface area (Å²) >= 11 is 0. The van der Waals surface area contributed by atoms with E-state index in [1.807, 2.05) is 0 Å². The molecular formula is C16H13F3O4.